The van der Waals surface area contributed by atoms with E-state index in [0.717, 1.165) is 25.1 Å². The molecule has 6 heteroatoms. The maximum atomic E-state index is 12.1. The standard InChI is InChI=1S/C17H28N2O3S/c1-3-4-12-23(20,21)18-14-17(19-8-10-22-11-9-19)16-7-5-6-15(2)13-16/h5-7,13,17-18H,3-4,8-12,14H2,1-2H3. The lowest BCUT2D eigenvalue weighted by atomic mass is 10.0. The van der Waals surface area contributed by atoms with Crippen molar-refractivity contribution in [3.8, 4) is 0 Å². The number of nitrogens with one attached hydrogen (secondary N) is 1. The topological polar surface area (TPSA) is 58.6 Å². The van der Waals surface area contributed by atoms with Gasteiger partial charge >= 0.3 is 0 Å². The molecule has 1 fully saturated rings. The van der Waals surface area contributed by atoms with Gasteiger partial charge in [0.25, 0.3) is 0 Å². The van der Waals surface area contributed by atoms with E-state index in [4.69, 9.17) is 4.74 Å². The van der Waals surface area contributed by atoms with E-state index >= 15 is 0 Å². The number of morpholine rings is 1. The molecule has 1 aliphatic rings. The molecule has 5 nitrogen and oxygen atoms in total. The molecule has 0 saturated carbocycles. The predicted octanol–water partition coefficient (Wildman–Crippen LogP) is 2.09. The summed E-state index contributed by atoms with van der Waals surface area (Å²) in [6.07, 6.45) is 1.58. The fourth-order valence-corrected chi connectivity index (χ4v) is 4.06. The summed E-state index contributed by atoms with van der Waals surface area (Å²) in [5.41, 5.74) is 2.35. The number of unbranched alkanes of at least 4 members (excludes halogenated alkanes) is 1. The number of nitrogens with zero attached hydrogens (tertiary/aromatic N) is 1. The molecule has 0 radical (unpaired) electrons. The van der Waals surface area contributed by atoms with Crippen LogP contribution in [0.3, 0.4) is 0 Å². The molecular weight excluding hydrogens is 312 g/mol. The zero-order chi connectivity index (χ0) is 16.7. The van der Waals surface area contributed by atoms with Crippen LogP contribution in [0, 0.1) is 6.92 Å². The predicted molar refractivity (Wildman–Crippen MR) is 93.0 cm³/mol. The highest BCUT2D eigenvalue weighted by Gasteiger charge is 2.24. The summed E-state index contributed by atoms with van der Waals surface area (Å²) in [5.74, 6) is 0.202. The molecule has 0 bridgehead atoms. The van der Waals surface area contributed by atoms with Crippen LogP contribution in [0.5, 0.6) is 0 Å². The minimum Gasteiger partial charge on any atom is -0.379 e. The van der Waals surface area contributed by atoms with Crippen molar-refractivity contribution in [3.63, 3.8) is 0 Å². The van der Waals surface area contributed by atoms with Gasteiger partial charge in [-0.2, -0.15) is 0 Å². The van der Waals surface area contributed by atoms with E-state index in [1.807, 2.05) is 13.0 Å². The van der Waals surface area contributed by atoms with Gasteiger partial charge in [-0.15, -0.1) is 0 Å². The monoisotopic (exact) mass is 340 g/mol. The van der Waals surface area contributed by atoms with Gasteiger partial charge in [0.05, 0.1) is 19.0 Å². The van der Waals surface area contributed by atoms with Gasteiger partial charge in [0, 0.05) is 25.7 Å². The van der Waals surface area contributed by atoms with Crippen molar-refractivity contribution in [2.45, 2.75) is 32.7 Å². The van der Waals surface area contributed by atoms with Gasteiger partial charge < -0.3 is 4.74 Å². The SMILES string of the molecule is CCCCS(=O)(=O)NCC(c1cccc(C)c1)N1CCOCC1. The molecule has 1 aromatic rings. The van der Waals surface area contributed by atoms with E-state index in [9.17, 15) is 8.42 Å². The molecule has 1 aromatic carbocycles. The first-order valence-corrected chi connectivity index (χ1v) is 10.0. The first kappa shape index (κ1) is 18.4. The van der Waals surface area contributed by atoms with Crippen molar-refractivity contribution in [1.29, 1.82) is 0 Å². The molecular formula is C17H28N2O3S. The third-order valence-corrected chi connectivity index (χ3v) is 5.61. The van der Waals surface area contributed by atoms with Crippen LogP contribution in [0.25, 0.3) is 0 Å². The van der Waals surface area contributed by atoms with E-state index in [2.05, 4.69) is 34.7 Å². The second-order valence-corrected chi connectivity index (χ2v) is 8.03. The lowest BCUT2D eigenvalue weighted by molar-refractivity contribution is 0.0172. The Bertz CT molecular complexity index is 583. The first-order chi connectivity index (χ1) is 11.0. The summed E-state index contributed by atoms with van der Waals surface area (Å²) in [6.45, 7) is 7.53. The highest BCUT2D eigenvalue weighted by atomic mass is 32.2. The molecule has 1 saturated heterocycles. The zero-order valence-corrected chi connectivity index (χ0v) is 14.9. The van der Waals surface area contributed by atoms with Crippen LogP contribution in [0.15, 0.2) is 24.3 Å². The number of ether oxygens (including phenoxy) is 1. The summed E-state index contributed by atoms with van der Waals surface area (Å²) >= 11 is 0. The fraction of sp³-hybridized carbons (Fsp3) is 0.647. The number of rotatable bonds is 8. The number of benzene rings is 1. The highest BCUT2D eigenvalue weighted by Crippen LogP contribution is 2.22. The molecule has 23 heavy (non-hydrogen) atoms. The molecule has 0 aromatic heterocycles. The number of hydrogen-bond donors (Lipinski definition) is 1. The van der Waals surface area contributed by atoms with Crippen molar-refractivity contribution >= 4 is 10.0 Å². The maximum absolute atomic E-state index is 12.1. The molecule has 1 heterocycles. The van der Waals surface area contributed by atoms with Crippen molar-refractivity contribution < 1.29 is 13.2 Å². The van der Waals surface area contributed by atoms with E-state index in [1.165, 1.54) is 5.56 Å². The molecule has 0 aliphatic carbocycles. The van der Waals surface area contributed by atoms with Crippen molar-refractivity contribution in [2.75, 3.05) is 38.6 Å². The van der Waals surface area contributed by atoms with Crippen LogP contribution in [-0.2, 0) is 14.8 Å². The second kappa shape index (κ2) is 8.78. The Labute approximate surface area is 140 Å². The Balaban J connectivity index is 2.10. The highest BCUT2D eigenvalue weighted by molar-refractivity contribution is 7.89. The average molecular weight is 340 g/mol. The van der Waals surface area contributed by atoms with Crippen LogP contribution in [0.2, 0.25) is 0 Å². The summed E-state index contributed by atoms with van der Waals surface area (Å²) in [4.78, 5) is 2.31. The van der Waals surface area contributed by atoms with Gasteiger partial charge in [-0.05, 0) is 18.9 Å². The van der Waals surface area contributed by atoms with E-state index in [1.54, 1.807) is 0 Å². The third-order valence-electron chi connectivity index (χ3n) is 4.18. The minimum absolute atomic E-state index is 0.0511. The molecule has 1 atom stereocenters. The van der Waals surface area contributed by atoms with E-state index < -0.39 is 10.0 Å². The maximum Gasteiger partial charge on any atom is 0.211 e. The molecule has 1 N–H and O–H groups in total. The van der Waals surface area contributed by atoms with Crippen LogP contribution in [0.4, 0.5) is 0 Å². The molecule has 1 unspecified atom stereocenters. The molecule has 0 spiro atoms. The fourth-order valence-electron chi connectivity index (χ4n) is 2.84. The first-order valence-electron chi connectivity index (χ1n) is 8.37. The third kappa shape index (κ3) is 5.88. The summed E-state index contributed by atoms with van der Waals surface area (Å²) in [7, 11) is -3.20. The lowest BCUT2D eigenvalue weighted by Crippen LogP contribution is -2.44. The normalized spacial score (nSPS) is 18.0. The quantitative estimate of drug-likeness (QED) is 0.787. The van der Waals surface area contributed by atoms with Gasteiger partial charge in [0.1, 0.15) is 0 Å². The van der Waals surface area contributed by atoms with Gasteiger partial charge in [0.15, 0.2) is 0 Å². The smallest absolute Gasteiger partial charge is 0.211 e. The van der Waals surface area contributed by atoms with Gasteiger partial charge in [-0.1, -0.05) is 43.2 Å². The Morgan fingerprint density at radius 1 is 1.30 bits per heavy atom. The minimum atomic E-state index is -3.20. The number of sulfonamides is 1. The second-order valence-electron chi connectivity index (χ2n) is 6.10. The van der Waals surface area contributed by atoms with Gasteiger partial charge in [-0.3, -0.25) is 4.90 Å². The Morgan fingerprint density at radius 2 is 2.04 bits per heavy atom. The Morgan fingerprint density at radius 3 is 2.70 bits per heavy atom. The van der Waals surface area contributed by atoms with E-state index in [-0.39, 0.29) is 11.8 Å². The van der Waals surface area contributed by atoms with Crippen molar-refractivity contribution in [3.05, 3.63) is 35.4 Å². The number of aryl methyl sites for hydroxylation is 1. The molecule has 130 valence electrons. The zero-order valence-electron chi connectivity index (χ0n) is 14.1. The van der Waals surface area contributed by atoms with Crippen molar-refractivity contribution in [1.82, 2.24) is 9.62 Å². The molecule has 0 amide bonds. The van der Waals surface area contributed by atoms with Crippen molar-refractivity contribution in [2.24, 2.45) is 0 Å². The van der Waals surface area contributed by atoms with Crippen LogP contribution in [0.1, 0.15) is 36.9 Å². The van der Waals surface area contributed by atoms with Gasteiger partial charge in [-0.25, -0.2) is 13.1 Å². The Hall–Kier alpha value is -0.950. The molecule has 1 aliphatic heterocycles. The lowest BCUT2D eigenvalue weighted by Gasteiger charge is -2.35. The summed E-state index contributed by atoms with van der Waals surface area (Å²) < 4.78 is 32.5. The number of hydrogen-bond acceptors (Lipinski definition) is 4. The van der Waals surface area contributed by atoms with E-state index in [0.29, 0.717) is 26.2 Å². The average Bonchev–Trinajstić information content (AvgIpc) is 2.54. The molecule has 2 rings (SSSR count). The van der Waals surface area contributed by atoms with Crippen LogP contribution in [-0.4, -0.2) is 51.9 Å². The largest absolute Gasteiger partial charge is 0.379 e. The van der Waals surface area contributed by atoms with Crippen LogP contribution >= 0.6 is 0 Å². The summed E-state index contributed by atoms with van der Waals surface area (Å²) in [5, 5.41) is 0. The van der Waals surface area contributed by atoms with Gasteiger partial charge in [0.2, 0.25) is 10.0 Å². The Kier molecular flexibility index (Phi) is 7.02. The van der Waals surface area contributed by atoms with Crippen LogP contribution < -0.4 is 4.72 Å². The summed E-state index contributed by atoms with van der Waals surface area (Å²) in [6, 6.07) is 8.36.